The lowest BCUT2D eigenvalue weighted by Gasteiger charge is -2.41. The minimum absolute atomic E-state index is 0.00169. The first-order chi connectivity index (χ1) is 20.0. The Bertz CT molecular complexity index is 1310. The van der Waals surface area contributed by atoms with E-state index in [0.29, 0.717) is 42.5 Å². The molecular formula is C33H40N2O6. The zero-order valence-electron chi connectivity index (χ0n) is 23.6. The van der Waals surface area contributed by atoms with Gasteiger partial charge in [0.25, 0.3) is 0 Å². The SMILES string of the molecule is COc1ccccc1CCN(C(=O)CC1CC2CCC1C2)C1C=C(C(=O)NCCO)C2c3ccccc3OC2C1O. The maximum Gasteiger partial charge on any atom is 0.247 e. The van der Waals surface area contributed by atoms with Crippen LogP contribution in [0, 0.1) is 17.8 Å². The van der Waals surface area contributed by atoms with Crippen LogP contribution in [0.2, 0.25) is 0 Å². The van der Waals surface area contributed by atoms with Gasteiger partial charge in [-0.05, 0) is 67.2 Å². The average Bonchev–Trinajstić information content (AvgIpc) is 3.72. The van der Waals surface area contributed by atoms with Crippen molar-refractivity contribution in [3.05, 3.63) is 71.3 Å². The highest BCUT2D eigenvalue weighted by Gasteiger charge is 2.51. The molecule has 7 atom stereocenters. The summed E-state index contributed by atoms with van der Waals surface area (Å²) in [5.74, 6) is 2.30. The van der Waals surface area contributed by atoms with Crippen LogP contribution in [0.3, 0.4) is 0 Å². The molecule has 2 aromatic rings. The Morgan fingerprint density at radius 3 is 2.66 bits per heavy atom. The Kier molecular flexibility index (Phi) is 8.04. The fraction of sp³-hybridized carbons (Fsp3) is 0.515. The number of para-hydroxylation sites is 2. The molecule has 0 spiro atoms. The number of nitrogens with zero attached hydrogens (tertiary/aromatic N) is 1. The summed E-state index contributed by atoms with van der Waals surface area (Å²) in [7, 11) is 1.64. The molecule has 7 unspecified atom stereocenters. The molecule has 2 aromatic carbocycles. The minimum atomic E-state index is -1.02. The highest BCUT2D eigenvalue weighted by atomic mass is 16.5. The molecule has 2 amide bonds. The number of aliphatic hydroxyl groups excluding tert-OH is 2. The number of carbonyl (C=O) groups excluding carboxylic acids is 2. The molecule has 8 heteroatoms. The third-order valence-corrected chi connectivity index (χ3v) is 9.69. The molecule has 0 aromatic heterocycles. The van der Waals surface area contributed by atoms with E-state index in [-0.39, 0.29) is 25.0 Å². The van der Waals surface area contributed by atoms with Gasteiger partial charge < -0.3 is 29.9 Å². The molecule has 218 valence electrons. The van der Waals surface area contributed by atoms with E-state index in [1.165, 1.54) is 19.3 Å². The third kappa shape index (κ3) is 5.35. The molecule has 1 aliphatic heterocycles. The van der Waals surface area contributed by atoms with Gasteiger partial charge in [-0.1, -0.05) is 42.8 Å². The molecule has 4 aliphatic rings. The van der Waals surface area contributed by atoms with Crippen molar-refractivity contribution in [2.75, 3.05) is 26.8 Å². The Labute approximate surface area is 241 Å². The van der Waals surface area contributed by atoms with Crippen LogP contribution in [0.1, 0.15) is 49.1 Å². The molecule has 6 rings (SSSR count). The molecule has 2 bridgehead atoms. The highest BCUT2D eigenvalue weighted by molar-refractivity contribution is 5.96. The lowest BCUT2D eigenvalue weighted by atomic mass is 9.77. The molecule has 41 heavy (non-hydrogen) atoms. The molecule has 0 saturated heterocycles. The molecule has 2 saturated carbocycles. The van der Waals surface area contributed by atoms with E-state index in [9.17, 15) is 19.8 Å². The van der Waals surface area contributed by atoms with Gasteiger partial charge in [0.05, 0.1) is 25.7 Å². The standard InChI is InChI=1S/C33H40N2O6/c1-40-27-8-4-2-6-21(27)12-14-35(29(37)18-23-17-20-10-11-22(23)16-20)26-19-25(33(39)34-13-15-36)30-24-7-3-5-9-28(24)41-32(30)31(26)38/h2-9,19-20,22-23,26,30-32,36,38H,10-18H2,1H3,(H,34,39). The van der Waals surface area contributed by atoms with Crippen LogP contribution in [0.5, 0.6) is 11.5 Å². The Hall–Kier alpha value is -3.36. The summed E-state index contributed by atoms with van der Waals surface area (Å²) >= 11 is 0. The van der Waals surface area contributed by atoms with Crippen LogP contribution in [-0.2, 0) is 16.0 Å². The van der Waals surface area contributed by atoms with Crippen molar-refractivity contribution in [3.63, 3.8) is 0 Å². The largest absolute Gasteiger partial charge is 0.496 e. The van der Waals surface area contributed by atoms with Gasteiger partial charge in [0.15, 0.2) is 0 Å². The van der Waals surface area contributed by atoms with Gasteiger partial charge in [0.2, 0.25) is 11.8 Å². The number of carbonyl (C=O) groups is 2. The van der Waals surface area contributed by atoms with Gasteiger partial charge in [0.1, 0.15) is 23.7 Å². The van der Waals surface area contributed by atoms with Crippen molar-refractivity contribution in [1.29, 1.82) is 0 Å². The topological polar surface area (TPSA) is 108 Å². The van der Waals surface area contributed by atoms with E-state index in [4.69, 9.17) is 9.47 Å². The smallest absolute Gasteiger partial charge is 0.247 e. The number of aliphatic hydroxyl groups is 2. The van der Waals surface area contributed by atoms with E-state index in [2.05, 4.69) is 5.32 Å². The Morgan fingerprint density at radius 1 is 1.10 bits per heavy atom. The summed E-state index contributed by atoms with van der Waals surface area (Å²) < 4.78 is 11.8. The van der Waals surface area contributed by atoms with Gasteiger partial charge in [-0.25, -0.2) is 0 Å². The molecule has 8 nitrogen and oxygen atoms in total. The van der Waals surface area contributed by atoms with Gasteiger partial charge in [-0.3, -0.25) is 9.59 Å². The van der Waals surface area contributed by atoms with Gasteiger partial charge in [-0.2, -0.15) is 0 Å². The van der Waals surface area contributed by atoms with Gasteiger partial charge in [-0.15, -0.1) is 0 Å². The van der Waals surface area contributed by atoms with Crippen LogP contribution in [0.25, 0.3) is 0 Å². The minimum Gasteiger partial charge on any atom is -0.496 e. The van der Waals surface area contributed by atoms with E-state index in [1.54, 1.807) is 18.1 Å². The predicted molar refractivity (Wildman–Crippen MR) is 154 cm³/mol. The van der Waals surface area contributed by atoms with Crippen LogP contribution in [-0.4, -0.2) is 72.0 Å². The zero-order valence-corrected chi connectivity index (χ0v) is 23.6. The van der Waals surface area contributed by atoms with E-state index < -0.39 is 24.2 Å². The number of methoxy groups -OCH3 is 1. The maximum atomic E-state index is 14.1. The molecule has 3 aliphatic carbocycles. The summed E-state index contributed by atoms with van der Waals surface area (Å²) in [6.45, 7) is 0.303. The predicted octanol–water partition coefficient (Wildman–Crippen LogP) is 3.22. The summed E-state index contributed by atoms with van der Waals surface area (Å²) in [6.07, 6.45) is 5.81. The number of hydrogen-bond acceptors (Lipinski definition) is 6. The van der Waals surface area contributed by atoms with E-state index >= 15 is 0 Å². The van der Waals surface area contributed by atoms with Crippen LogP contribution in [0.15, 0.2) is 60.2 Å². The summed E-state index contributed by atoms with van der Waals surface area (Å²) in [5, 5.41) is 23.9. The number of ether oxygens (including phenoxy) is 2. The number of rotatable bonds is 10. The van der Waals surface area contributed by atoms with Crippen molar-refractivity contribution in [1.82, 2.24) is 10.2 Å². The van der Waals surface area contributed by atoms with Crippen molar-refractivity contribution in [3.8, 4) is 11.5 Å². The number of benzene rings is 2. The first kappa shape index (κ1) is 27.8. The van der Waals surface area contributed by atoms with E-state index in [1.807, 2.05) is 48.5 Å². The van der Waals surface area contributed by atoms with Gasteiger partial charge in [0, 0.05) is 30.6 Å². The number of fused-ring (bicyclic) bond motifs is 5. The Morgan fingerprint density at radius 2 is 1.90 bits per heavy atom. The first-order valence-electron chi connectivity index (χ1n) is 14.9. The summed E-state index contributed by atoms with van der Waals surface area (Å²) in [4.78, 5) is 29.3. The maximum absolute atomic E-state index is 14.1. The van der Waals surface area contributed by atoms with Crippen LogP contribution < -0.4 is 14.8 Å². The van der Waals surface area contributed by atoms with E-state index in [0.717, 1.165) is 29.2 Å². The molecule has 2 fully saturated rings. The van der Waals surface area contributed by atoms with Crippen LogP contribution in [0.4, 0.5) is 0 Å². The second-order valence-corrected chi connectivity index (χ2v) is 12.0. The van der Waals surface area contributed by atoms with Gasteiger partial charge >= 0.3 is 0 Å². The first-order valence-corrected chi connectivity index (χ1v) is 14.9. The van der Waals surface area contributed by atoms with Crippen molar-refractivity contribution in [2.24, 2.45) is 17.8 Å². The lowest BCUT2D eigenvalue weighted by Crippen LogP contribution is -2.56. The molecule has 0 radical (unpaired) electrons. The van der Waals surface area contributed by atoms with Crippen molar-refractivity contribution >= 4 is 11.8 Å². The average molecular weight is 561 g/mol. The number of hydrogen-bond donors (Lipinski definition) is 3. The number of nitrogens with one attached hydrogen (secondary N) is 1. The third-order valence-electron chi connectivity index (χ3n) is 9.69. The second-order valence-electron chi connectivity index (χ2n) is 12.0. The molecule has 1 heterocycles. The molecular weight excluding hydrogens is 520 g/mol. The summed E-state index contributed by atoms with van der Waals surface area (Å²) in [5.41, 5.74) is 2.28. The number of amides is 2. The lowest BCUT2D eigenvalue weighted by molar-refractivity contribution is -0.138. The summed E-state index contributed by atoms with van der Waals surface area (Å²) in [6, 6.07) is 14.6. The van der Waals surface area contributed by atoms with Crippen molar-refractivity contribution < 1.29 is 29.3 Å². The zero-order chi connectivity index (χ0) is 28.5. The fourth-order valence-electron chi connectivity index (χ4n) is 7.75. The van der Waals surface area contributed by atoms with Crippen LogP contribution >= 0.6 is 0 Å². The fourth-order valence-corrected chi connectivity index (χ4v) is 7.75. The monoisotopic (exact) mass is 560 g/mol. The molecule has 3 N–H and O–H groups in total. The second kappa shape index (κ2) is 11.9. The quantitative estimate of drug-likeness (QED) is 0.412. The van der Waals surface area contributed by atoms with Crippen molar-refractivity contribution in [2.45, 2.75) is 62.7 Å². The normalized spacial score (nSPS) is 29.2. The highest BCUT2D eigenvalue weighted by Crippen LogP contribution is 2.50. The Balaban J connectivity index is 1.33.